The zero-order chi connectivity index (χ0) is 11.5. The molecule has 0 saturated heterocycles. The quantitative estimate of drug-likeness (QED) is 0.846. The van der Waals surface area contributed by atoms with Gasteiger partial charge >= 0.3 is 0 Å². The van der Waals surface area contributed by atoms with Crippen molar-refractivity contribution >= 4 is 11.8 Å². The smallest absolute Gasteiger partial charge is 0.0104 e. The van der Waals surface area contributed by atoms with Gasteiger partial charge in [0.1, 0.15) is 0 Å². The third-order valence-electron chi connectivity index (χ3n) is 3.34. The van der Waals surface area contributed by atoms with Crippen molar-refractivity contribution in [3.8, 4) is 0 Å². The fourth-order valence-electron chi connectivity index (χ4n) is 2.32. The van der Waals surface area contributed by atoms with Gasteiger partial charge in [-0.05, 0) is 51.2 Å². The van der Waals surface area contributed by atoms with E-state index < -0.39 is 0 Å². The van der Waals surface area contributed by atoms with E-state index >= 15 is 0 Å². The summed E-state index contributed by atoms with van der Waals surface area (Å²) in [4.78, 5) is 1.45. The highest BCUT2D eigenvalue weighted by molar-refractivity contribution is 8.00. The number of hydrogen-bond donors (Lipinski definition) is 1. The maximum atomic E-state index is 5.93. The third-order valence-corrected chi connectivity index (χ3v) is 4.86. The Balaban J connectivity index is 1.98. The minimum absolute atomic E-state index is 0.455. The van der Waals surface area contributed by atoms with Gasteiger partial charge in [-0.3, -0.25) is 0 Å². The SMILES string of the molecule is Cc1ccc(SC2CCC(N)CC2)c(C)c1. The second-order valence-electron chi connectivity index (χ2n) is 4.92. The van der Waals surface area contributed by atoms with Crippen LogP contribution in [-0.4, -0.2) is 11.3 Å². The van der Waals surface area contributed by atoms with Crippen LogP contribution >= 0.6 is 11.8 Å². The summed E-state index contributed by atoms with van der Waals surface area (Å²) in [5, 5.41) is 0.779. The molecule has 2 N–H and O–H groups in total. The lowest BCUT2D eigenvalue weighted by Gasteiger charge is -2.26. The van der Waals surface area contributed by atoms with Gasteiger partial charge in [-0.1, -0.05) is 17.7 Å². The van der Waals surface area contributed by atoms with E-state index in [0.717, 1.165) is 5.25 Å². The predicted molar refractivity (Wildman–Crippen MR) is 72.0 cm³/mol. The second-order valence-corrected chi connectivity index (χ2v) is 6.27. The highest BCUT2D eigenvalue weighted by atomic mass is 32.2. The first-order valence-electron chi connectivity index (χ1n) is 6.14. The Kier molecular flexibility index (Phi) is 3.93. The summed E-state index contributed by atoms with van der Waals surface area (Å²) >= 11 is 2.05. The van der Waals surface area contributed by atoms with E-state index in [1.165, 1.54) is 41.7 Å². The van der Waals surface area contributed by atoms with Crippen LogP contribution in [0.5, 0.6) is 0 Å². The van der Waals surface area contributed by atoms with E-state index in [0.29, 0.717) is 6.04 Å². The molecule has 1 nitrogen and oxygen atoms in total. The third kappa shape index (κ3) is 3.02. The summed E-state index contributed by atoms with van der Waals surface area (Å²) in [5.41, 5.74) is 8.70. The van der Waals surface area contributed by atoms with Crippen LogP contribution in [0, 0.1) is 13.8 Å². The number of hydrogen-bond acceptors (Lipinski definition) is 2. The van der Waals surface area contributed by atoms with Crippen LogP contribution in [0.1, 0.15) is 36.8 Å². The van der Waals surface area contributed by atoms with Crippen molar-refractivity contribution in [1.29, 1.82) is 0 Å². The Morgan fingerprint density at radius 2 is 1.81 bits per heavy atom. The summed E-state index contributed by atoms with van der Waals surface area (Å²) in [6.45, 7) is 4.37. The van der Waals surface area contributed by atoms with Crippen LogP contribution in [0.3, 0.4) is 0 Å². The zero-order valence-corrected chi connectivity index (χ0v) is 11.0. The van der Waals surface area contributed by atoms with E-state index in [-0.39, 0.29) is 0 Å². The van der Waals surface area contributed by atoms with Crippen LogP contribution < -0.4 is 5.73 Å². The monoisotopic (exact) mass is 235 g/mol. The molecule has 2 rings (SSSR count). The van der Waals surface area contributed by atoms with E-state index in [2.05, 4.69) is 32.0 Å². The molecule has 0 heterocycles. The molecule has 1 aromatic rings. The largest absolute Gasteiger partial charge is 0.328 e. The first-order chi connectivity index (χ1) is 7.65. The van der Waals surface area contributed by atoms with Gasteiger partial charge in [-0.2, -0.15) is 0 Å². The van der Waals surface area contributed by atoms with E-state index in [9.17, 15) is 0 Å². The molecule has 0 atom stereocenters. The van der Waals surface area contributed by atoms with Crippen molar-refractivity contribution < 1.29 is 0 Å². The maximum Gasteiger partial charge on any atom is 0.0104 e. The van der Waals surface area contributed by atoms with Crippen molar-refractivity contribution in [3.63, 3.8) is 0 Å². The summed E-state index contributed by atoms with van der Waals surface area (Å²) in [6.07, 6.45) is 4.95. The van der Waals surface area contributed by atoms with Gasteiger partial charge in [-0.25, -0.2) is 0 Å². The van der Waals surface area contributed by atoms with Crippen LogP contribution in [0.25, 0.3) is 0 Å². The lowest BCUT2D eigenvalue weighted by Crippen LogP contribution is -2.27. The zero-order valence-electron chi connectivity index (χ0n) is 10.2. The lowest BCUT2D eigenvalue weighted by atomic mass is 9.96. The maximum absolute atomic E-state index is 5.93. The Bertz CT molecular complexity index is 354. The average molecular weight is 235 g/mol. The minimum Gasteiger partial charge on any atom is -0.328 e. The lowest BCUT2D eigenvalue weighted by molar-refractivity contribution is 0.451. The van der Waals surface area contributed by atoms with Gasteiger partial charge < -0.3 is 5.73 Å². The van der Waals surface area contributed by atoms with Crippen LogP contribution in [-0.2, 0) is 0 Å². The normalized spacial score (nSPS) is 25.7. The molecule has 1 saturated carbocycles. The Morgan fingerprint density at radius 1 is 1.12 bits per heavy atom. The van der Waals surface area contributed by atoms with Gasteiger partial charge in [0, 0.05) is 16.2 Å². The van der Waals surface area contributed by atoms with Crippen molar-refractivity contribution in [2.24, 2.45) is 5.73 Å². The summed E-state index contributed by atoms with van der Waals surface area (Å²) in [6, 6.07) is 7.21. The average Bonchev–Trinajstić information content (AvgIpc) is 2.25. The fourth-order valence-corrected chi connectivity index (χ4v) is 3.58. The van der Waals surface area contributed by atoms with Crippen molar-refractivity contribution in [2.75, 3.05) is 0 Å². The number of benzene rings is 1. The predicted octanol–water partition coefficient (Wildman–Crippen LogP) is 3.67. The standard InChI is InChI=1S/C14H21NS/c1-10-3-8-14(11(2)9-10)16-13-6-4-12(15)5-7-13/h3,8-9,12-13H,4-7,15H2,1-2H3. The number of rotatable bonds is 2. The van der Waals surface area contributed by atoms with Crippen LogP contribution in [0.15, 0.2) is 23.1 Å². The summed E-state index contributed by atoms with van der Waals surface area (Å²) in [7, 11) is 0. The molecular weight excluding hydrogens is 214 g/mol. The topological polar surface area (TPSA) is 26.0 Å². The van der Waals surface area contributed by atoms with Gasteiger partial charge in [0.05, 0.1) is 0 Å². The molecule has 88 valence electrons. The molecule has 0 aliphatic heterocycles. The van der Waals surface area contributed by atoms with Crippen molar-refractivity contribution in [1.82, 2.24) is 0 Å². The molecule has 1 fully saturated rings. The number of aryl methyl sites for hydroxylation is 2. The number of thioether (sulfide) groups is 1. The highest BCUT2D eigenvalue weighted by Crippen LogP contribution is 2.34. The van der Waals surface area contributed by atoms with Crippen molar-refractivity contribution in [3.05, 3.63) is 29.3 Å². The minimum atomic E-state index is 0.455. The molecular formula is C14H21NS. The summed E-state index contributed by atoms with van der Waals surface area (Å²) < 4.78 is 0. The van der Waals surface area contributed by atoms with E-state index in [1.807, 2.05) is 11.8 Å². The summed E-state index contributed by atoms with van der Waals surface area (Å²) in [5.74, 6) is 0. The van der Waals surface area contributed by atoms with Crippen LogP contribution in [0.4, 0.5) is 0 Å². The molecule has 16 heavy (non-hydrogen) atoms. The Hall–Kier alpha value is -0.470. The number of nitrogens with two attached hydrogens (primary N) is 1. The van der Waals surface area contributed by atoms with Gasteiger partial charge in [-0.15, -0.1) is 11.8 Å². The molecule has 0 aromatic heterocycles. The fraction of sp³-hybridized carbons (Fsp3) is 0.571. The van der Waals surface area contributed by atoms with Gasteiger partial charge in [0.2, 0.25) is 0 Å². The first-order valence-corrected chi connectivity index (χ1v) is 7.02. The van der Waals surface area contributed by atoms with E-state index in [4.69, 9.17) is 5.73 Å². The molecule has 0 spiro atoms. The highest BCUT2D eigenvalue weighted by Gasteiger charge is 2.19. The molecule has 0 unspecified atom stereocenters. The molecule has 2 heteroatoms. The van der Waals surface area contributed by atoms with Gasteiger partial charge in [0.25, 0.3) is 0 Å². The molecule has 0 amide bonds. The van der Waals surface area contributed by atoms with Crippen LogP contribution in [0.2, 0.25) is 0 Å². The molecule has 0 bridgehead atoms. The first kappa shape index (κ1) is 12.0. The van der Waals surface area contributed by atoms with Crippen molar-refractivity contribution in [2.45, 2.75) is 55.7 Å². The Morgan fingerprint density at radius 3 is 2.44 bits per heavy atom. The Labute approximate surface area is 103 Å². The molecule has 1 aliphatic rings. The molecule has 1 aromatic carbocycles. The van der Waals surface area contributed by atoms with E-state index in [1.54, 1.807) is 0 Å². The molecule has 0 radical (unpaired) electrons. The second kappa shape index (κ2) is 5.24. The van der Waals surface area contributed by atoms with Gasteiger partial charge in [0.15, 0.2) is 0 Å². The molecule has 1 aliphatic carbocycles.